The Kier molecular flexibility index (Phi) is 6.19. The molecular weight excluding hydrogens is 474 g/mol. The van der Waals surface area contributed by atoms with E-state index in [4.69, 9.17) is 9.15 Å². The van der Waals surface area contributed by atoms with E-state index < -0.39 is 17.7 Å². The number of ether oxygens (including phenoxy) is 1. The van der Waals surface area contributed by atoms with E-state index in [1.54, 1.807) is 30.3 Å². The topological polar surface area (TPSA) is 80.0 Å². The summed E-state index contributed by atoms with van der Waals surface area (Å²) in [5.41, 5.74) is 2.19. The number of carbonyl (C=O) groups excluding carboxylic acids is 2. The number of aliphatic hydroxyl groups is 1. The molecule has 164 valence electrons. The number of hydrogen-bond donors (Lipinski definition) is 1. The van der Waals surface area contributed by atoms with Crippen LogP contribution >= 0.6 is 15.9 Å². The minimum Gasteiger partial charge on any atom is -0.507 e. The SMILES string of the molecule is CCOc1ccc(CN2C(=O)C(=O)/C(=C(\O)c3ccc(Br)c(C)c3)C2c2ccco2)cc1. The zero-order valence-corrected chi connectivity index (χ0v) is 19.3. The Bertz CT molecular complexity index is 1180. The molecular formula is C25H22BrNO5. The van der Waals surface area contributed by atoms with Crippen LogP contribution in [0.2, 0.25) is 0 Å². The summed E-state index contributed by atoms with van der Waals surface area (Å²) in [6.45, 7) is 4.53. The molecule has 4 rings (SSSR count). The molecule has 2 aromatic carbocycles. The zero-order chi connectivity index (χ0) is 22.8. The summed E-state index contributed by atoms with van der Waals surface area (Å²) in [6.07, 6.45) is 1.48. The molecule has 0 saturated carbocycles. The van der Waals surface area contributed by atoms with E-state index in [0.717, 1.165) is 21.3 Å². The molecule has 0 bridgehead atoms. The van der Waals surface area contributed by atoms with Crippen molar-refractivity contribution in [1.29, 1.82) is 0 Å². The van der Waals surface area contributed by atoms with Crippen molar-refractivity contribution in [2.75, 3.05) is 6.61 Å². The van der Waals surface area contributed by atoms with Crippen LogP contribution in [0.1, 0.15) is 35.4 Å². The summed E-state index contributed by atoms with van der Waals surface area (Å²) in [6, 6.07) is 15.2. The van der Waals surface area contributed by atoms with Crippen molar-refractivity contribution in [2.24, 2.45) is 0 Å². The number of furan rings is 1. The molecule has 1 aliphatic rings. The van der Waals surface area contributed by atoms with E-state index in [-0.39, 0.29) is 17.9 Å². The predicted molar refractivity (Wildman–Crippen MR) is 123 cm³/mol. The second-order valence-electron chi connectivity index (χ2n) is 7.48. The normalized spacial score (nSPS) is 17.7. The Balaban J connectivity index is 1.76. The fourth-order valence-corrected chi connectivity index (χ4v) is 4.03. The van der Waals surface area contributed by atoms with Crippen molar-refractivity contribution in [3.05, 3.63) is 93.4 Å². The van der Waals surface area contributed by atoms with E-state index in [1.165, 1.54) is 11.2 Å². The minimum atomic E-state index is -0.833. The average molecular weight is 496 g/mol. The van der Waals surface area contributed by atoms with Crippen molar-refractivity contribution in [2.45, 2.75) is 26.4 Å². The second-order valence-corrected chi connectivity index (χ2v) is 8.34. The Morgan fingerprint density at radius 1 is 1.16 bits per heavy atom. The number of ketones is 1. The number of likely N-dealkylation sites (tertiary alicyclic amines) is 1. The highest BCUT2D eigenvalue weighted by molar-refractivity contribution is 9.10. The lowest BCUT2D eigenvalue weighted by molar-refractivity contribution is -0.140. The number of benzene rings is 2. The summed E-state index contributed by atoms with van der Waals surface area (Å²) in [4.78, 5) is 27.5. The Morgan fingerprint density at radius 2 is 1.91 bits per heavy atom. The van der Waals surface area contributed by atoms with Crippen LogP contribution < -0.4 is 4.74 Å². The van der Waals surface area contributed by atoms with Gasteiger partial charge in [0, 0.05) is 16.6 Å². The third kappa shape index (κ3) is 4.08. The van der Waals surface area contributed by atoms with Crippen LogP contribution in [0.15, 0.2) is 75.3 Å². The lowest BCUT2D eigenvalue weighted by Crippen LogP contribution is -2.29. The Hall–Kier alpha value is -3.32. The van der Waals surface area contributed by atoms with E-state index in [0.29, 0.717) is 17.9 Å². The number of amides is 1. The van der Waals surface area contributed by atoms with Crippen LogP contribution in [0.3, 0.4) is 0 Å². The molecule has 7 heteroatoms. The molecule has 6 nitrogen and oxygen atoms in total. The van der Waals surface area contributed by atoms with Crippen molar-refractivity contribution >= 4 is 33.4 Å². The predicted octanol–water partition coefficient (Wildman–Crippen LogP) is 5.37. The van der Waals surface area contributed by atoms with Gasteiger partial charge in [0.15, 0.2) is 0 Å². The molecule has 0 spiro atoms. The van der Waals surface area contributed by atoms with Gasteiger partial charge in [0.2, 0.25) is 0 Å². The number of carbonyl (C=O) groups is 2. The molecule has 1 N–H and O–H groups in total. The molecule has 1 aromatic heterocycles. The second kappa shape index (κ2) is 9.04. The van der Waals surface area contributed by atoms with Gasteiger partial charge < -0.3 is 19.2 Å². The number of hydrogen-bond acceptors (Lipinski definition) is 5. The summed E-state index contributed by atoms with van der Waals surface area (Å²) in [5, 5.41) is 11.1. The van der Waals surface area contributed by atoms with Gasteiger partial charge in [-0.25, -0.2) is 0 Å². The molecule has 2 heterocycles. The average Bonchev–Trinajstić information content (AvgIpc) is 3.39. The maximum absolute atomic E-state index is 13.0. The van der Waals surface area contributed by atoms with Crippen molar-refractivity contribution < 1.29 is 23.8 Å². The number of aryl methyl sites for hydroxylation is 1. The molecule has 0 radical (unpaired) electrons. The summed E-state index contributed by atoms with van der Waals surface area (Å²) < 4.78 is 11.9. The molecule has 1 amide bonds. The van der Waals surface area contributed by atoms with E-state index in [2.05, 4.69) is 15.9 Å². The van der Waals surface area contributed by atoms with Gasteiger partial charge in [-0.3, -0.25) is 9.59 Å². The van der Waals surface area contributed by atoms with Gasteiger partial charge >= 0.3 is 0 Å². The van der Waals surface area contributed by atoms with Gasteiger partial charge in [0.25, 0.3) is 11.7 Å². The lowest BCUT2D eigenvalue weighted by atomic mass is 9.98. The van der Waals surface area contributed by atoms with Crippen LogP contribution in [0.5, 0.6) is 5.75 Å². The van der Waals surface area contributed by atoms with Crippen LogP contribution in [0, 0.1) is 6.92 Å². The van der Waals surface area contributed by atoms with Crippen molar-refractivity contribution in [3.63, 3.8) is 0 Å². The van der Waals surface area contributed by atoms with Gasteiger partial charge in [-0.2, -0.15) is 0 Å². The fraction of sp³-hybridized carbons (Fsp3) is 0.200. The largest absolute Gasteiger partial charge is 0.507 e. The van der Waals surface area contributed by atoms with E-state index >= 15 is 0 Å². The van der Waals surface area contributed by atoms with Crippen LogP contribution in [-0.4, -0.2) is 28.3 Å². The summed E-state index contributed by atoms with van der Waals surface area (Å²) in [5.74, 6) is -0.516. The quantitative estimate of drug-likeness (QED) is 0.282. The maximum Gasteiger partial charge on any atom is 0.296 e. The Morgan fingerprint density at radius 3 is 2.53 bits per heavy atom. The highest BCUT2D eigenvalue weighted by atomic mass is 79.9. The number of aliphatic hydroxyl groups excluding tert-OH is 1. The third-order valence-electron chi connectivity index (χ3n) is 5.37. The summed E-state index contributed by atoms with van der Waals surface area (Å²) >= 11 is 3.44. The van der Waals surface area contributed by atoms with Crippen molar-refractivity contribution in [3.8, 4) is 5.75 Å². The number of Topliss-reactive ketones (excluding diaryl/α,β-unsaturated/α-hetero) is 1. The molecule has 1 fully saturated rings. The standard InChI is InChI=1S/C25H22BrNO5/c1-3-31-18-9-6-16(7-10-18)14-27-22(20-5-4-12-32-20)21(24(29)25(27)30)23(28)17-8-11-19(26)15(2)13-17/h4-13,22,28H,3,14H2,1-2H3/b23-21-. The van der Waals surface area contributed by atoms with Gasteiger partial charge in [0.1, 0.15) is 23.3 Å². The van der Waals surface area contributed by atoms with E-state index in [1.807, 2.05) is 38.1 Å². The minimum absolute atomic E-state index is 0.0117. The molecule has 32 heavy (non-hydrogen) atoms. The van der Waals surface area contributed by atoms with Crippen LogP contribution in [0.25, 0.3) is 5.76 Å². The Labute approximate surface area is 194 Å². The highest BCUT2D eigenvalue weighted by Crippen LogP contribution is 2.40. The van der Waals surface area contributed by atoms with Gasteiger partial charge in [-0.05, 0) is 61.4 Å². The van der Waals surface area contributed by atoms with Gasteiger partial charge in [0.05, 0.1) is 18.4 Å². The third-order valence-corrected chi connectivity index (χ3v) is 6.26. The first-order chi connectivity index (χ1) is 15.4. The van der Waals surface area contributed by atoms with Crippen LogP contribution in [-0.2, 0) is 16.1 Å². The van der Waals surface area contributed by atoms with E-state index in [9.17, 15) is 14.7 Å². The van der Waals surface area contributed by atoms with Gasteiger partial charge in [-0.1, -0.05) is 34.1 Å². The number of halogens is 1. The van der Waals surface area contributed by atoms with Crippen LogP contribution in [0.4, 0.5) is 0 Å². The first-order valence-corrected chi connectivity index (χ1v) is 11.0. The molecule has 1 aliphatic heterocycles. The molecule has 1 unspecified atom stereocenters. The fourth-order valence-electron chi connectivity index (χ4n) is 3.79. The molecule has 3 aromatic rings. The summed E-state index contributed by atoms with van der Waals surface area (Å²) in [7, 11) is 0. The van der Waals surface area contributed by atoms with Gasteiger partial charge in [-0.15, -0.1) is 0 Å². The molecule has 1 saturated heterocycles. The smallest absolute Gasteiger partial charge is 0.296 e. The lowest BCUT2D eigenvalue weighted by Gasteiger charge is -2.23. The maximum atomic E-state index is 13.0. The van der Waals surface area contributed by atoms with Crippen molar-refractivity contribution in [1.82, 2.24) is 4.90 Å². The zero-order valence-electron chi connectivity index (χ0n) is 17.7. The number of rotatable bonds is 6. The molecule has 1 atom stereocenters. The first-order valence-electron chi connectivity index (χ1n) is 10.2. The molecule has 0 aliphatic carbocycles. The number of nitrogens with zero attached hydrogens (tertiary/aromatic N) is 1. The monoisotopic (exact) mass is 495 g/mol. The highest BCUT2D eigenvalue weighted by Gasteiger charge is 2.47. The first kappa shape index (κ1) is 21.9.